The van der Waals surface area contributed by atoms with Crippen molar-refractivity contribution in [1.29, 1.82) is 0 Å². The van der Waals surface area contributed by atoms with Crippen LogP contribution in [-0.2, 0) is 15.9 Å². The first-order valence-corrected chi connectivity index (χ1v) is 7.28. The summed E-state index contributed by atoms with van der Waals surface area (Å²) in [7, 11) is 0. The van der Waals surface area contributed by atoms with E-state index >= 15 is 0 Å². The van der Waals surface area contributed by atoms with Gasteiger partial charge in [0.2, 0.25) is 0 Å². The number of hydrogen-bond donors (Lipinski definition) is 1. The Morgan fingerprint density at radius 3 is 3.12 bits per heavy atom. The zero-order valence-corrected chi connectivity index (χ0v) is 11.2. The van der Waals surface area contributed by atoms with Crippen LogP contribution in [0.15, 0.2) is 16.8 Å². The molecule has 0 aliphatic carbocycles. The van der Waals surface area contributed by atoms with Gasteiger partial charge in [0.05, 0.1) is 25.9 Å². The highest BCUT2D eigenvalue weighted by Crippen LogP contribution is 2.14. The third kappa shape index (κ3) is 4.07. The van der Waals surface area contributed by atoms with Gasteiger partial charge in [0.1, 0.15) is 0 Å². The van der Waals surface area contributed by atoms with Gasteiger partial charge in [-0.15, -0.1) is 0 Å². The Morgan fingerprint density at radius 1 is 1.53 bits per heavy atom. The second-order valence-corrected chi connectivity index (χ2v) is 5.16. The molecule has 2 rings (SSSR count). The molecule has 17 heavy (non-hydrogen) atoms. The molecule has 0 amide bonds. The van der Waals surface area contributed by atoms with Crippen molar-refractivity contribution in [2.75, 3.05) is 26.4 Å². The smallest absolute Gasteiger partial charge is 0.0965 e. The van der Waals surface area contributed by atoms with Gasteiger partial charge in [-0.05, 0) is 41.8 Å². The molecule has 0 radical (unpaired) electrons. The largest absolute Gasteiger partial charge is 0.376 e. The molecule has 4 heteroatoms. The normalized spacial score (nSPS) is 22.5. The standard InChI is InChI=1S/C13H21NO2S/c1-2-4-14-12(8-11-3-7-17-10-11)13-9-15-5-6-16-13/h3,7,10,12-14H,2,4-6,8-9H2,1H3. The fourth-order valence-corrected chi connectivity index (χ4v) is 2.75. The molecule has 3 nitrogen and oxygen atoms in total. The molecule has 2 unspecified atom stereocenters. The van der Waals surface area contributed by atoms with Crippen LogP contribution in [0.4, 0.5) is 0 Å². The van der Waals surface area contributed by atoms with Gasteiger partial charge < -0.3 is 14.8 Å². The second kappa shape index (κ2) is 7.11. The summed E-state index contributed by atoms with van der Waals surface area (Å²) in [5, 5.41) is 7.92. The van der Waals surface area contributed by atoms with Crippen molar-refractivity contribution in [3.63, 3.8) is 0 Å². The first-order chi connectivity index (χ1) is 8.40. The van der Waals surface area contributed by atoms with Crippen LogP contribution >= 0.6 is 11.3 Å². The van der Waals surface area contributed by atoms with Gasteiger partial charge in [0, 0.05) is 6.04 Å². The summed E-state index contributed by atoms with van der Waals surface area (Å²) in [5.74, 6) is 0. The zero-order chi connectivity index (χ0) is 11.9. The number of ether oxygens (including phenoxy) is 2. The van der Waals surface area contributed by atoms with E-state index in [0.717, 1.165) is 32.6 Å². The Kier molecular flexibility index (Phi) is 5.45. The van der Waals surface area contributed by atoms with Gasteiger partial charge in [-0.1, -0.05) is 6.92 Å². The van der Waals surface area contributed by atoms with Crippen molar-refractivity contribution in [2.45, 2.75) is 31.9 Å². The number of rotatable bonds is 6. The Morgan fingerprint density at radius 2 is 2.47 bits per heavy atom. The summed E-state index contributed by atoms with van der Waals surface area (Å²) in [6, 6.07) is 2.56. The van der Waals surface area contributed by atoms with Gasteiger partial charge in [0.25, 0.3) is 0 Å². The molecule has 1 aliphatic rings. The molecule has 2 atom stereocenters. The van der Waals surface area contributed by atoms with Gasteiger partial charge in [-0.3, -0.25) is 0 Å². The first kappa shape index (κ1) is 13.0. The topological polar surface area (TPSA) is 30.5 Å². The van der Waals surface area contributed by atoms with Crippen LogP contribution in [0.1, 0.15) is 18.9 Å². The predicted octanol–water partition coefficient (Wildman–Crippen LogP) is 2.07. The fourth-order valence-electron chi connectivity index (χ4n) is 2.07. The molecule has 0 bridgehead atoms. The summed E-state index contributed by atoms with van der Waals surface area (Å²) in [6.45, 7) is 5.39. The van der Waals surface area contributed by atoms with Crippen LogP contribution < -0.4 is 5.32 Å². The molecule has 96 valence electrons. The molecule has 0 saturated carbocycles. The monoisotopic (exact) mass is 255 g/mol. The van der Waals surface area contributed by atoms with E-state index in [2.05, 4.69) is 29.1 Å². The summed E-state index contributed by atoms with van der Waals surface area (Å²) in [6.07, 6.45) is 2.36. The Balaban J connectivity index is 1.91. The van der Waals surface area contributed by atoms with E-state index in [1.165, 1.54) is 5.56 Å². The minimum Gasteiger partial charge on any atom is -0.376 e. The van der Waals surface area contributed by atoms with Crippen LogP contribution in [0.2, 0.25) is 0 Å². The third-order valence-corrected chi connectivity index (χ3v) is 3.71. The van der Waals surface area contributed by atoms with Crippen LogP contribution in [0, 0.1) is 0 Å². The van der Waals surface area contributed by atoms with Crippen LogP contribution in [0.25, 0.3) is 0 Å². The summed E-state index contributed by atoms with van der Waals surface area (Å²) >= 11 is 1.75. The van der Waals surface area contributed by atoms with E-state index in [1.54, 1.807) is 11.3 Å². The Hall–Kier alpha value is -0.420. The Bertz CT molecular complexity index is 296. The van der Waals surface area contributed by atoms with Crippen molar-refractivity contribution >= 4 is 11.3 Å². The molecule has 1 aliphatic heterocycles. The average molecular weight is 255 g/mol. The highest BCUT2D eigenvalue weighted by molar-refractivity contribution is 7.07. The highest BCUT2D eigenvalue weighted by atomic mass is 32.1. The lowest BCUT2D eigenvalue weighted by atomic mass is 10.0. The lowest BCUT2D eigenvalue weighted by molar-refractivity contribution is -0.101. The van der Waals surface area contributed by atoms with Crippen molar-refractivity contribution in [1.82, 2.24) is 5.32 Å². The van der Waals surface area contributed by atoms with E-state index in [0.29, 0.717) is 12.6 Å². The summed E-state index contributed by atoms with van der Waals surface area (Å²) < 4.78 is 11.3. The third-order valence-electron chi connectivity index (χ3n) is 2.98. The molecule has 0 aromatic carbocycles. The van der Waals surface area contributed by atoms with Gasteiger partial charge in [0.15, 0.2) is 0 Å². The maximum atomic E-state index is 5.80. The average Bonchev–Trinajstić information content (AvgIpc) is 2.88. The molecule has 1 saturated heterocycles. The maximum Gasteiger partial charge on any atom is 0.0965 e. The van der Waals surface area contributed by atoms with E-state index in [9.17, 15) is 0 Å². The minimum absolute atomic E-state index is 0.190. The summed E-state index contributed by atoms with van der Waals surface area (Å²) in [5.41, 5.74) is 1.39. The van der Waals surface area contributed by atoms with Gasteiger partial charge in [-0.25, -0.2) is 0 Å². The van der Waals surface area contributed by atoms with Crippen molar-refractivity contribution in [2.24, 2.45) is 0 Å². The Labute approximate surface area is 107 Å². The SMILES string of the molecule is CCCNC(Cc1ccsc1)C1COCCO1. The first-order valence-electron chi connectivity index (χ1n) is 6.34. The fraction of sp³-hybridized carbons (Fsp3) is 0.692. The highest BCUT2D eigenvalue weighted by Gasteiger charge is 2.24. The number of nitrogens with one attached hydrogen (secondary N) is 1. The molecule has 1 aromatic heterocycles. The lowest BCUT2D eigenvalue weighted by Crippen LogP contribution is -2.48. The van der Waals surface area contributed by atoms with Crippen molar-refractivity contribution in [3.8, 4) is 0 Å². The van der Waals surface area contributed by atoms with Crippen LogP contribution in [0.5, 0.6) is 0 Å². The second-order valence-electron chi connectivity index (χ2n) is 4.38. The minimum atomic E-state index is 0.190. The lowest BCUT2D eigenvalue weighted by Gasteiger charge is -2.31. The molecule has 1 fully saturated rings. The van der Waals surface area contributed by atoms with E-state index < -0.39 is 0 Å². The van der Waals surface area contributed by atoms with Crippen LogP contribution in [0.3, 0.4) is 0 Å². The summed E-state index contributed by atoms with van der Waals surface area (Å²) in [4.78, 5) is 0. The van der Waals surface area contributed by atoms with E-state index in [-0.39, 0.29) is 6.10 Å². The van der Waals surface area contributed by atoms with Gasteiger partial charge >= 0.3 is 0 Å². The van der Waals surface area contributed by atoms with Crippen LogP contribution in [-0.4, -0.2) is 38.5 Å². The molecule has 1 N–H and O–H groups in total. The molecular weight excluding hydrogens is 234 g/mol. The van der Waals surface area contributed by atoms with Gasteiger partial charge in [-0.2, -0.15) is 11.3 Å². The molecule has 0 spiro atoms. The molecule has 2 heterocycles. The van der Waals surface area contributed by atoms with E-state index in [1.807, 2.05) is 0 Å². The number of hydrogen-bond acceptors (Lipinski definition) is 4. The predicted molar refractivity (Wildman–Crippen MR) is 70.7 cm³/mol. The molecule has 1 aromatic rings. The maximum absolute atomic E-state index is 5.80. The molecular formula is C13H21NO2S. The quantitative estimate of drug-likeness (QED) is 0.844. The van der Waals surface area contributed by atoms with Crippen molar-refractivity contribution in [3.05, 3.63) is 22.4 Å². The van der Waals surface area contributed by atoms with E-state index in [4.69, 9.17) is 9.47 Å². The number of thiophene rings is 1. The zero-order valence-electron chi connectivity index (χ0n) is 10.4. The van der Waals surface area contributed by atoms with Crippen molar-refractivity contribution < 1.29 is 9.47 Å².